The topological polar surface area (TPSA) is 101 Å². The fraction of sp³-hybridized carbons (Fsp3) is 0.650. The number of methoxy groups -OCH3 is 1. The molecule has 2 aromatic heterocycles. The summed E-state index contributed by atoms with van der Waals surface area (Å²) in [5, 5.41) is 5.99. The first-order valence-corrected chi connectivity index (χ1v) is 10.2. The Labute approximate surface area is 169 Å². The molecule has 29 heavy (non-hydrogen) atoms. The lowest BCUT2D eigenvalue weighted by Crippen LogP contribution is -2.55. The molecule has 4 rings (SSSR count). The van der Waals surface area contributed by atoms with Crippen molar-refractivity contribution in [3.63, 3.8) is 0 Å². The van der Waals surface area contributed by atoms with E-state index in [1.807, 2.05) is 13.0 Å². The Hall–Kier alpha value is -2.23. The molecule has 2 aliphatic rings. The molecule has 0 bridgehead atoms. The highest BCUT2D eigenvalue weighted by atomic mass is 16.5. The summed E-state index contributed by atoms with van der Waals surface area (Å²) in [7, 11) is 1.60. The maximum Gasteiger partial charge on any atom is 0.272 e. The summed E-state index contributed by atoms with van der Waals surface area (Å²) in [6.07, 6.45) is 3.37. The van der Waals surface area contributed by atoms with Crippen LogP contribution in [0, 0.1) is 6.92 Å². The number of nitrogens with one attached hydrogen (secondary N) is 2. The third-order valence-corrected chi connectivity index (χ3v) is 6.00. The van der Waals surface area contributed by atoms with Crippen LogP contribution in [0.1, 0.15) is 37.1 Å². The molecule has 0 spiro atoms. The van der Waals surface area contributed by atoms with E-state index in [0.717, 1.165) is 30.8 Å². The largest absolute Gasteiger partial charge is 0.376 e. The van der Waals surface area contributed by atoms with Gasteiger partial charge in [0.25, 0.3) is 11.5 Å². The van der Waals surface area contributed by atoms with E-state index in [1.54, 1.807) is 13.2 Å². The van der Waals surface area contributed by atoms with E-state index in [9.17, 15) is 9.59 Å². The first-order valence-electron chi connectivity index (χ1n) is 10.2. The number of ether oxygens (including phenoxy) is 2. The molecule has 2 aromatic rings. The Kier molecular flexibility index (Phi) is 5.71. The van der Waals surface area contributed by atoms with Crippen LogP contribution < -0.4 is 10.9 Å². The summed E-state index contributed by atoms with van der Waals surface area (Å²) in [5.41, 5.74) is 1.34. The van der Waals surface area contributed by atoms with Crippen LogP contribution >= 0.6 is 0 Å². The van der Waals surface area contributed by atoms with Crippen LogP contribution in [0.3, 0.4) is 0 Å². The number of aromatic amines is 1. The second-order valence-corrected chi connectivity index (χ2v) is 8.04. The van der Waals surface area contributed by atoms with Gasteiger partial charge in [0, 0.05) is 57.7 Å². The fourth-order valence-corrected chi connectivity index (χ4v) is 4.24. The summed E-state index contributed by atoms with van der Waals surface area (Å²) in [6.45, 7) is 5.19. The fourth-order valence-electron chi connectivity index (χ4n) is 4.24. The van der Waals surface area contributed by atoms with Crippen molar-refractivity contribution in [2.75, 3.05) is 33.4 Å². The zero-order valence-electron chi connectivity index (χ0n) is 17.1. The zero-order chi connectivity index (χ0) is 20.4. The number of rotatable bonds is 6. The van der Waals surface area contributed by atoms with Gasteiger partial charge in [0.05, 0.1) is 11.8 Å². The quantitative estimate of drug-likeness (QED) is 0.733. The Morgan fingerprint density at radius 3 is 2.90 bits per heavy atom. The van der Waals surface area contributed by atoms with Crippen LogP contribution in [0.5, 0.6) is 0 Å². The predicted octanol–water partition coefficient (Wildman–Crippen LogP) is 0.607. The number of hydrogen-bond donors (Lipinski definition) is 2. The summed E-state index contributed by atoms with van der Waals surface area (Å²) in [6, 6.07) is 3.42. The van der Waals surface area contributed by atoms with Crippen LogP contribution in [-0.2, 0) is 20.8 Å². The highest BCUT2D eigenvalue weighted by Gasteiger charge is 2.41. The monoisotopic (exact) mass is 403 g/mol. The van der Waals surface area contributed by atoms with E-state index < -0.39 is 5.60 Å². The van der Waals surface area contributed by atoms with Crippen LogP contribution in [0.15, 0.2) is 16.9 Å². The van der Waals surface area contributed by atoms with E-state index in [0.29, 0.717) is 44.7 Å². The van der Waals surface area contributed by atoms with Crippen LogP contribution in [0.4, 0.5) is 0 Å². The van der Waals surface area contributed by atoms with E-state index in [-0.39, 0.29) is 17.6 Å². The third kappa shape index (κ3) is 4.22. The van der Waals surface area contributed by atoms with Gasteiger partial charge in [-0.3, -0.25) is 19.6 Å². The Balaban J connectivity index is 1.36. The summed E-state index contributed by atoms with van der Waals surface area (Å²) in [5.74, 6) is -0.0595. The van der Waals surface area contributed by atoms with Crippen molar-refractivity contribution >= 4 is 11.6 Å². The van der Waals surface area contributed by atoms with Crippen molar-refractivity contribution in [3.8, 4) is 0 Å². The van der Waals surface area contributed by atoms with Gasteiger partial charge in [-0.05, 0) is 32.6 Å². The molecule has 9 nitrogen and oxygen atoms in total. The van der Waals surface area contributed by atoms with Crippen molar-refractivity contribution in [1.82, 2.24) is 24.8 Å². The molecule has 9 heteroatoms. The molecule has 158 valence electrons. The van der Waals surface area contributed by atoms with E-state index in [4.69, 9.17) is 9.47 Å². The van der Waals surface area contributed by atoms with E-state index in [1.165, 1.54) is 4.52 Å². The highest BCUT2D eigenvalue weighted by Crippen LogP contribution is 2.27. The summed E-state index contributed by atoms with van der Waals surface area (Å²) < 4.78 is 12.7. The molecule has 2 aliphatic heterocycles. The second-order valence-electron chi connectivity index (χ2n) is 8.04. The Bertz CT molecular complexity index is 923. The molecule has 2 saturated heterocycles. The number of likely N-dealkylation sites (tertiary alicyclic amines) is 1. The molecular formula is C20H29N5O4. The molecular weight excluding hydrogens is 374 g/mol. The predicted molar refractivity (Wildman–Crippen MR) is 107 cm³/mol. The van der Waals surface area contributed by atoms with Gasteiger partial charge in [-0.25, -0.2) is 9.50 Å². The maximum absolute atomic E-state index is 12.8. The number of carbonyl (C=O) groups excluding carboxylic acids is 1. The Morgan fingerprint density at radius 2 is 2.21 bits per heavy atom. The van der Waals surface area contributed by atoms with Crippen molar-refractivity contribution in [2.45, 2.75) is 50.9 Å². The molecule has 0 saturated carbocycles. The molecule has 1 atom stereocenters. The van der Waals surface area contributed by atoms with Gasteiger partial charge < -0.3 is 14.8 Å². The van der Waals surface area contributed by atoms with Crippen molar-refractivity contribution < 1.29 is 14.3 Å². The number of piperidine rings is 1. The number of aromatic nitrogens is 3. The average Bonchev–Trinajstić information content (AvgIpc) is 3.36. The average molecular weight is 403 g/mol. The second kappa shape index (κ2) is 8.25. The van der Waals surface area contributed by atoms with Gasteiger partial charge in [0.15, 0.2) is 5.65 Å². The lowest BCUT2D eigenvalue weighted by Gasteiger charge is -2.39. The van der Waals surface area contributed by atoms with Gasteiger partial charge in [-0.1, -0.05) is 0 Å². The number of carbonyl (C=O) groups is 1. The maximum atomic E-state index is 12.8. The van der Waals surface area contributed by atoms with Crippen molar-refractivity contribution in [2.24, 2.45) is 0 Å². The first kappa shape index (κ1) is 20.1. The van der Waals surface area contributed by atoms with Crippen LogP contribution in [0.2, 0.25) is 0 Å². The standard InChI is InChI=1S/C20H29N5O4/c1-14-10-17-22-15(11-18(26)25(17)23-14)13-24-7-5-20(28-2,6-8-24)19(27)21-12-16-4-3-9-29-16/h10-11,16,23H,3-9,12-13H2,1-2H3,(H,21,27). The number of hydrogen-bond acceptors (Lipinski definition) is 6. The van der Waals surface area contributed by atoms with Gasteiger partial charge in [0.2, 0.25) is 0 Å². The molecule has 0 aromatic carbocycles. The number of amides is 1. The summed E-state index contributed by atoms with van der Waals surface area (Å²) >= 11 is 0. The van der Waals surface area contributed by atoms with Crippen LogP contribution in [-0.4, -0.2) is 70.5 Å². The lowest BCUT2D eigenvalue weighted by atomic mass is 9.90. The number of nitrogens with zero attached hydrogens (tertiary/aromatic N) is 3. The minimum absolute atomic E-state index is 0.0595. The van der Waals surface area contributed by atoms with Crippen molar-refractivity contribution in [1.29, 1.82) is 0 Å². The van der Waals surface area contributed by atoms with Gasteiger partial charge >= 0.3 is 0 Å². The minimum atomic E-state index is -0.802. The lowest BCUT2D eigenvalue weighted by molar-refractivity contribution is -0.150. The number of fused-ring (bicyclic) bond motifs is 1. The van der Waals surface area contributed by atoms with Crippen molar-refractivity contribution in [3.05, 3.63) is 33.9 Å². The molecule has 1 amide bonds. The molecule has 4 heterocycles. The molecule has 1 unspecified atom stereocenters. The van der Waals surface area contributed by atoms with Gasteiger partial charge in [-0.15, -0.1) is 0 Å². The minimum Gasteiger partial charge on any atom is -0.376 e. The highest BCUT2D eigenvalue weighted by molar-refractivity contribution is 5.85. The van der Waals surface area contributed by atoms with E-state index in [2.05, 4.69) is 20.3 Å². The van der Waals surface area contributed by atoms with Gasteiger partial charge in [0.1, 0.15) is 5.60 Å². The Morgan fingerprint density at radius 1 is 1.41 bits per heavy atom. The third-order valence-electron chi connectivity index (χ3n) is 6.00. The zero-order valence-corrected chi connectivity index (χ0v) is 17.1. The van der Waals surface area contributed by atoms with Crippen LogP contribution in [0.25, 0.3) is 5.65 Å². The molecule has 2 fully saturated rings. The van der Waals surface area contributed by atoms with Gasteiger partial charge in [-0.2, -0.15) is 0 Å². The number of H-pyrrole nitrogens is 1. The normalized spacial score (nSPS) is 22.2. The smallest absolute Gasteiger partial charge is 0.272 e. The van der Waals surface area contributed by atoms with E-state index >= 15 is 0 Å². The summed E-state index contributed by atoms with van der Waals surface area (Å²) in [4.78, 5) is 31.9. The molecule has 0 radical (unpaired) electrons. The molecule has 0 aliphatic carbocycles. The molecule has 2 N–H and O–H groups in total. The first-order chi connectivity index (χ1) is 14.0. The SMILES string of the molecule is COC1(C(=O)NCC2CCCO2)CCN(Cc2cc(=O)n3[nH]c(C)cc3n2)CC1. The number of aryl methyl sites for hydroxylation is 1.